The molecule has 0 saturated heterocycles. The SMILES string of the molecule is Cc1cc(C(N)=O)cc(C)c1OCC(=O)c1sccc1Br. The molecule has 0 saturated carbocycles. The van der Waals surface area contributed by atoms with E-state index in [2.05, 4.69) is 15.9 Å². The molecular formula is C15H14BrNO3S. The van der Waals surface area contributed by atoms with Crippen molar-refractivity contribution in [1.82, 2.24) is 0 Å². The second-order valence-corrected chi connectivity index (χ2v) is 6.38. The highest BCUT2D eigenvalue weighted by Gasteiger charge is 2.15. The molecule has 1 amide bonds. The van der Waals surface area contributed by atoms with Gasteiger partial charge in [0.2, 0.25) is 11.7 Å². The Kier molecular flexibility index (Phi) is 4.80. The smallest absolute Gasteiger partial charge is 0.248 e. The maximum absolute atomic E-state index is 12.1. The number of ether oxygens (including phenoxy) is 1. The van der Waals surface area contributed by atoms with Crippen LogP contribution in [0.3, 0.4) is 0 Å². The monoisotopic (exact) mass is 367 g/mol. The van der Waals surface area contributed by atoms with Crippen LogP contribution in [0.1, 0.15) is 31.2 Å². The molecular weight excluding hydrogens is 354 g/mol. The van der Waals surface area contributed by atoms with E-state index in [1.807, 2.05) is 25.3 Å². The van der Waals surface area contributed by atoms with Crippen LogP contribution in [-0.2, 0) is 0 Å². The van der Waals surface area contributed by atoms with Crippen LogP contribution in [0.5, 0.6) is 5.75 Å². The molecule has 0 aliphatic rings. The fourth-order valence-electron chi connectivity index (χ4n) is 2.02. The van der Waals surface area contributed by atoms with E-state index in [0.717, 1.165) is 15.6 Å². The van der Waals surface area contributed by atoms with Gasteiger partial charge in [0.15, 0.2) is 6.61 Å². The topological polar surface area (TPSA) is 69.4 Å². The minimum absolute atomic E-state index is 0.0449. The van der Waals surface area contributed by atoms with Crippen LogP contribution in [0, 0.1) is 13.8 Å². The summed E-state index contributed by atoms with van der Waals surface area (Å²) in [6.45, 7) is 3.59. The Bertz CT molecular complexity index is 686. The minimum Gasteiger partial charge on any atom is -0.485 e. The number of nitrogens with two attached hydrogens (primary N) is 1. The van der Waals surface area contributed by atoms with E-state index in [9.17, 15) is 9.59 Å². The third kappa shape index (κ3) is 3.51. The number of halogens is 1. The quantitative estimate of drug-likeness (QED) is 0.822. The minimum atomic E-state index is -0.480. The molecule has 2 rings (SSSR count). The van der Waals surface area contributed by atoms with Crippen LogP contribution < -0.4 is 10.5 Å². The third-order valence-corrected chi connectivity index (χ3v) is 4.84. The molecule has 1 heterocycles. The fraction of sp³-hybridized carbons (Fsp3) is 0.200. The lowest BCUT2D eigenvalue weighted by molar-refractivity contribution is 0.0922. The molecule has 1 aromatic heterocycles. The van der Waals surface area contributed by atoms with E-state index in [0.29, 0.717) is 16.2 Å². The Hall–Kier alpha value is -1.66. The Morgan fingerprint density at radius 2 is 1.90 bits per heavy atom. The van der Waals surface area contributed by atoms with Gasteiger partial charge in [-0.15, -0.1) is 11.3 Å². The molecule has 6 heteroatoms. The zero-order valence-electron chi connectivity index (χ0n) is 11.6. The highest BCUT2D eigenvalue weighted by atomic mass is 79.9. The predicted octanol–water partition coefficient (Wildman–Crippen LogP) is 3.49. The number of amides is 1. The Morgan fingerprint density at radius 3 is 2.38 bits per heavy atom. The second-order valence-electron chi connectivity index (χ2n) is 4.61. The number of ketones is 1. The number of primary amides is 1. The second kappa shape index (κ2) is 6.41. The molecule has 0 aliphatic heterocycles. The number of benzene rings is 1. The average molecular weight is 368 g/mol. The van der Waals surface area contributed by atoms with Gasteiger partial charge in [-0.25, -0.2) is 0 Å². The number of carbonyl (C=O) groups is 2. The molecule has 0 radical (unpaired) electrons. The summed E-state index contributed by atoms with van der Waals surface area (Å²) >= 11 is 4.70. The first-order chi connectivity index (χ1) is 9.90. The van der Waals surface area contributed by atoms with Crippen molar-refractivity contribution in [3.05, 3.63) is 49.6 Å². The Labute approximate surface area is 135 Å². The van der Waals surface area contributed by atoms with Crippen molar-refractivity contribution in [1.29, 1.82) is 0 Å². The zero-order chi connectivity index (χ0) is 15.6. The summed E-state index contributed by atoms with van der Waals surface area (Å²) in [5.74, 6) is 0.0435. The molecule has 2 aromatic rings. The van der Waals surface area contributed by atoms with E-state index in [1.165, 1.54) is 11.3 Å². The van der Waals surface area contributed by atoms with Crippen molar-refractivity contribution in [2.75, 3.05) is 6.61 Å². The van der Waals surface area contributed by atoms with Gasteiger partial charge in [0.05, 0.1) is 4.88 Å². The summed E-state index contributed by atoms with van der Waals surface area (Å²) in [5.41, 5.74) is 7.26. The number of hydrogen-bond donors (Lipinski definition) is 1. The normalized spacial score (nSPS) is 10.4. The van der Waals surface area contributed by atoms with E-state index >= 15 is 0 Å². The Balaban J connectivity index is 2.16. The van der Waals surface area contributed by atoms with Crippen molar-refractivity contribution in [2.45, 2.75) is 13.8 Å². The summed E-state index contributed by atoms with van der Waals surface area (Å²) in [6, 6.07) is 5.16. The summed E-state index contributed by atoms with van der Waals surface area (Å²) in [4.78, 5) is 23.9. The number of Topliss-reactive ketones (excluding diaryl/α,β-unsaturated/α-hetero) is 1. The van der Waals surface area contributed by atoms with Crippen molar-refractivity contribution >= 4 is 39.0 Å². The van der Waals surface area contributed by atoms with Gasteiger partial charge in [0, 0.05) is 10.0 Å². The molecule has 2 N–H and O–H groups in total. The van der Waals surface area contributed by atoms with Gasteiger partial charge >= 0.3 is 0 Å². The Morgan fingerprint density at radius 1 is 1.29 bits per heavy atom. The summed E-state index contributed by atoms with van der Waals surface area (Å²) < 4.78 is 6.40. The van der Waals surface area contributed by atoms with Gasteiger partial charge in [-0.1, -0.05) is 0 Å². The standard InChI is InChI=1S/C15H14BrNO3S/c1-8-5-10(15(17)19)6-9(2)13(8)20-7-12(18)14-11(16)3-4-21-14/h3-6H,7H2,1-2H3,(H2,17,19). The molecule has 0 unspecified atom stereocenters. The molecule has 0 spiro atoms. The first kappa shape index (κ1) is 15.7. The molecule has 110 valence electrons. The first-order valence-electron chi connectivity index (χ1n) is 6.20. The van der Waals surface area contributed by atoms with Crippen LogP contribution in [0.2, 0.25) is 0 Å². The lowest BCUT2D eigenvalue weighted by Gasteiger charge is -2.12. The summed E-state index contributed by atoms with van der Waals surface area (Å²) in [5, 5.41) is 1.84. The molecule has 1 aromatic carbocycles. The molecule has 0 fully saturated rings. The number of carbonyl (C=O) groups excluding carboxylic acids is 2. The third-order valence-electron chi connectivity index (χ3n) is 2.96. The first-order valence-corrected chi connectivity index (χ1v) is 7.87. The number of rotatable bonds is 5. The van der Waals surface area contributed by atoms with Crippen LogP contribution in [0.25, 0.3) is 0 Å². The molecule has 4 nitrogen and oxygen atoms in total. The van der Waals surface area contributed by atoms with Crippen LogP contribution in [0.4, 0.5) is 0 Å². The zero-order valence-corrected chi connectivity index (χ0v) is 14.0. The fourth-order valence-corrected chi connectivity index (χ4v) is 3.54. The van der Waals surface area contributed by atoms with E-state index in [-0.39, 0.29) is 12.4 Å². The summed E-state index contributed by atoms with van der Waals surface area (Å²) in [6.07, 6.45) is 0. The van der Waals surface area contributed by atoms with Gasteiger partial charge in [-0.3, -0.25) is 9.59 Å². The van der Waals surface area contributed by atoms with Crippen molar-refractivity contribution in [2.24, 2.45) is 5.73 Å². The highest BCUT2D eigenvalue weighted by molar-refractivity contribution is 9.10. The number of aryl methyl sites for hydroxylation is 2. The van der Waals surface area contributed by atoms with E-state index in [4.69, 9.17) is 10.5 Å². The molecule has 0 atom stereocenters. The molecule has 0 aliphatic carbocycles. The number of hydrogen-bond acceptors (Lipinski definition) is 4. The number of thiophene rings is 1. The average Bonchev–Trinajstić information content (AvgIpc) is 2.83. The van der Waals surface area contributed by atoms with Gasteiger partial charge in [-0.05, 0) is 64.5 Å². The van der Waals surface area contributed by atoms with E-state index < -0.39 is 5.91 Å². The van der Waals surface area contributed by atoms with E-state index in [1.54, 1.807) is 12.1 Å². The van der Waals surface area contributed by atoms with Crippen LogP contribution >= 0.6 is 27.3 Å². The van der Waals surface area contributed by atoms with Crippen molar-refractivity contribution in [3.8, 4) is 5.75 Å². The maximum Gasteiger partial charge on any atom is 0.248 e. The molecule has 0 bridgehead atoms. The van der Waals surface area contributed by atoms with Gasteiger partial charge < -0.3 is 10.5 Å². The molecule has 21 heavy (non-hydrogen) atoms. The maximum atomic E-state index is 12.1. The van der Waals surface area contributed by atoms with Gasteiger partial charge in [-0.2, -0.15) is 0 Å². The van der Waals surface area contributed by atoms with Crippen LogP contribution in [0.15, 0.2) is 28.1 Å². The highest BCUT2D eigenvalue weighted by Crippen LogP contribution is 2.26. The van der Waals surface area contributed by atoms with Gasteiger partial charge in [0.1, 0.15) is 5.75 Å². The lowest BCUT2D eigenvalue weighted by atomic mass is 10.1. The largest absolute Gasteiger partial charge is 0.485 e. The predicted molar refractivity (Wildman–Crippen MR) is 86.3 cm³/mol. The van der Waals surface area contributed by atoms with Crippen LogP contribution in [-0.4, -0.2) is 18.3 Å². The lowest BCUT2D eigenvalue weighted by Crippen LogP contribution is -2.14. The van der Waals surface area contributed by atoms with Gasteiger partial charge in [0.25, 0.3) is 0 Å². The van der Waals surface area contributed by atoms with Crippen molar-refractivity contribution in [3.63, 3.8) is 0 Å². The van der Waals surface area contributed by atoms with Crippen molar-refractivity contribution < 1.29 is 14.3 Å². The summed E-state index contributed by atoms with van der Waals surface area (Å²) in [7, 11) is 0.